The van der Waals surface area contributed by atoms with E-state index in [-0.39, 0.29) is 11.7 Å². The van der Waals surface area contributed by atoms with Gasteiger partial charge in [-0.05, 0) is 54.8 Å². The second kappa shape index (κ2) is 10.3. The summed E-state index contributed by atoms with van der Waals surface area (Å²) in [5.41, 5.74) is 4.36. The minimum atomic E-state index is -0.0753. The van der Waals surface area contributed by atoms with E-state index in [9.17, 15) is 4.79 Å². The van der Waals surface area contributed by atoms with Crippen molar-refractivity contribution in [2.75, 3.05) is 25.3 Å². The Hall–Kier alpha value is -2.78. The van der Waals surface area contributed by atoms with Crippen molar-refractivity contribution in [3.05, 3.63) is 53.1 Å². The number of nitrogens with one attached hydrogen (secondary N) is 2. The van der Waals surface area contributed by atoms with Gasteiger partial charge in [-0.1, -0.05) is 35.2 Å². The van der Waals surface area contributed by atoms with Gasteiger partial charge in [0.2, 0.25) is 11.0 Å². The van der Waals surface area contributed by atoms with Crippen LogP contribution in [-0.4, -0.2) is 36.1 Å². The van der Waals surface area contributed by atoms with Crippen molar-refractivity contribution in [3.63, 3.8) is 0 Å². The van der Waals surface area contributed by atoms with E-state index in [0.29, 0.717) is 23.2 Å². The summed E-state index contributed by atoms with van der Waals surface area (Å²) in [6.45, 7) is 4.56. The number of hydrogen-bond acceptors (Lipinski definition) is 8. The summed E-state index contributed by atoms with van der Waals surface area (Å²) < 4.78 is 11.2. The van der Waals surface area contributed by atoms with E-state index in [1.165, 1.54) is 34.2 Å². The van der Waals surface area contributed by atoms with Crippen LogP contribution in [0.1, 0.15) is 16.7 Å². The van der Waals surface area contributed by atoms with Gasteiger partial charge in [-0.25, -0.2) is 0 Å². The highest BCUT2D eigenvalue weighted by Crippen LogP contribution is 2.29. The standard InChI is InChI=1S/C21H24N4O3S2/c1-13-5-7-16(9-14(13)2)23-20-24-25-21(30-20)29-12-19(26)22-11-15-6-8-17(27-3)18(10-15)28-4/h5-10H,11-12H2,1-4H3,(H,22,26)(H,23,24). The van der Waals surface area contributed by atoms with Gasteiger partial charge in [0.05, 0.1) is 20.0 Å². The topological polar surface area (TPSA) is 85.4 Å². The van der Waals surface area contributed by atoms with Crippen LogP contribution in [0.3, 0.4) is 0 Å². The molecule has 0 spiro atoms. The summed E-state index contributed by atoms with van der Waals surface area (Å²) in [4.78, 5) is 12.2. The molecule has 158 valence electrons. The number of ether oxygens (including phenoxy) is 2. The van der Waals surface area contributed by atoms with Crippen LogP contribution in [0, 0.1) is 13.8 Å². The molecule has 0 saturated heterocycles. The third kappa shape index (κ3) is 5.87. The summed E-state index contributed by atoms with van der Waals surface area (Å²) in [6.07, 6.45) is 0. The highest BCUT2D eigenvalue weighted by molar-refractivity contribution is 8.01. The van der Waals surface area contributed by atoms with Crippen molar-refractivity contribution in [2.24, 2.45) is 0 Å². The van der Waals surface area contributed by atoms with Crippen LogP contribution >= 0.6 is 23.1 Å². The Bertz CT molecular complexity index is 1020. The second-order valence-electron chi connectivity index (χ2n) is 6.55. The first-order valence-electron chi connectivity index (χ1n) is 9.26. The number of carbonyl (C=O) groups is 1. The molecule has 1 aromatic heterocycles. The molecule has 0 unspecified atom stereocenters. The quantitative estimate of drug-likeness (QED) is 0.475. The highest BCUT2D eigenvalue weighted by Gasteiger charge is 2.10. The van der Waals surface area contributed by atoms with Crippen LogP contribution in [0.25, 0.3) is 0 Å². The second-order valence-corrected chi connectivity index (χ2v) is 8.75. The van der Waals surface area contributed by atoms with Gasteiger partial charge >= 0.3 is 0 Å². The van der Waals surface area contributed by atoms with Crippen LogP contribution in [0.2, 0.25) is 0 Å². The molecule has 3 rings (SSSR count). The smallest absolute Gasteiger partial charge is 0.230 e. The minimum absolute atomic E-state index is 0.0753. The lowest BCUT2D eigenvalue weighted by Gasteiger charge is -2.10. The first kappa shape index (κ1) is 21.9. The number of carbonyl (C=O) groups excluding carboxylic acids is 1. The molecule has 0 fully saturated rings. The van der Waals surface area contributed by atoms with E-state index in [1.54, 1.807) is 14.2 Å². The highest BCUT2D eigenvalue weighted by atomic mass is 32.2. The number of aromatic nitrogens is 2. The summed E-state index contributed by atoms with van der Waals surface area (Å²) in [7, 11) is 3.18. The predicted molar refractivity (Wildman–Crippen MR) is 121 cm³/mol. The van der Waals surface area contributed by atoms with E-state index in [4.69, 9.17) is 9.47 Å². The molecular weight excluding hydrogens is 420 g/mol. The number of benzene rings is 2. The van der Waals surface area contributed by atoms with E-state index in [0.717, 1.165) is 15.6 Å². The average Bonchev–Trinajstić information content (AvgIpc) is 3.20. The van der Waals surface area contributed by atoms with Crippen molar-refractivity contribution in [2.45, 2.75) is 24.7 Å². The van der Waals surface area contributed by atoms with Crippen molar-refractivity contribution in [3.8, 4) is 11.5 Å². The van der Waals surface area contributed by atoms with Crippen LogP contribution in [0.15, 0.2) is 40.7 Å². The van der Waals surface area contributed by atoms with E-state index >= 15 is 0 Å². The van der Waals surface area contributed by atoms with Gasteiger partial charge < -0.3 is 20.1 Å². The van der Waals surface area contributed by atoms with E-state index in [2.05, 4.69) is 46.8 Å². The third-order valence-electron chi connectivity index (χ3n) is 4.43. The van der Waals surface area contributed by atoms with Gasteiger partial charge in [-0.3, -0.25) is 4.79 Å². The molecule has 0 aliphatic rings. The lowest BCUT2D eigenvalue weighted by Crippen LogP contribution is -2.24. The maximum Gasteiger partial charge on any atom is 0.230 e. The van der Waals surface area contributed by atoms with E-state index < -0.39 is 0 Å². The van der Waals surface area contributed by atoms with Gasteiger partial charge in [0.1, 0.15) is 0 Å². The number of hydrogen-bond donors (Lipinski definition) is 2. The Labute approximate surface area is 184 Å². The van der Waals surface area contributed by atoms with Crippen LogP contribution in [-0.2, 0) is 11.3 Å². The van der Waals surface area contributed by atoms with Crippen molar-refractivity contribution in [1.82, 2.24) is 15.5 Å². The monoisotopic (exact) mass is 444 g/mol. The van der Waals surface area contributed by atoms with E-state index in [1.807, 2.05) is 24.3 Å². The zero-order chi connectivity index (χ0) is 21.5. The summed E-state index contributed by atoms with van der Waals surface area (Å²) in [5, 5.41) is 15.1. The Morgan fingerprint density at radius 3 is 2.57 bits per heavy atom. The third-order valence-corrected chi connectivity index (χ3v) is 6.40. The Morgan fingerprint density at radius 2 is 1.83 bits per heavy atom. The van der Waals surface area contributed by atoms with Crippen molar-refractivity contribution < 1.29 is 14.3 Å². The minimum Gasteiger partial charge on any atom is -0.493 e. The zero-order valence-corrected chi connectivity index (χ0v) is 18.9. The average molecular weight is 445 g/mol. The fourth-order valence-corrected chi connectivity index (χ4v) is 4.23. The molecule has 30 heavy (non-hydrogen) atoms. The largest absolute Gasteiger partial charge is 0.493 e. The molecule has 0 saturated carbocycles. The number of anilines is 2. The fraction of sp³-hybridized carbons (Fsp3) is 0.286. The maximum atomic E-state index is 12.2. The number of amides is 1. The van der Waals surface area contributed by atoms with Gasteiger partial charge in [0.15, 0.2) is 15.8 Å². The molecule has 2 N–H and O–H groups in total. The molecule has 1 heterocycles. The molecule has 0 aliphatic carbocycles. The molecule has 3 aromatic rings. The van der Waals surface area contributed by atoms with Crippen molar-refractivity contribution >= 4 is 39.8 Å². The lowest BCUT2D eigenvalue weighted by atomic mass is 10.1. The van der Waals surface area contributed by atoms with Crippen molar-refractivity contribution in [1.29, 1.82) is 0 Å². The predicted octanol–water partition coefficient (Wildman–Crippen LogP) is 4.32. The summed E-state index contributed by atoms with van der Waals surface area (Å²) >= 11 is 2.79. The Balaban J connectivity index is 1.47. The molecule has 0 radical (unpaired) electrons. The normalized spacial score (nSPS) is 10.5. The zero-order valence-electron chi connectivity index (χ0n) is 17.3. The number of aryl methyl sites for hydroxylation is 2. The van der Waals surface area contributed by atoms with Gasteiger partial charge in [-0.15, -0.1) is 10.2 Å². The van der Waals surface area contributed by atoms with Crippen LogP contribution in [0.5, 0.6) is 11.5 Å². The van der Waals surface area contributed by atoms with Crippen LogP contribution < -0.4 is 20.1 Å². The fourth-order valence-electron chi connectivity index (χ4n) is 2.63. The van der Waals surface area contributed by atoms with Gasteiger partial charge in [0, 0.05) is 12.2 Å². The molecule has 0 bridgehead atoms. The first-order chi connectivity index (χ1) is 14.5. The first-order valence-corrected chi connectivity index (χ1v) is 11.1. The molecule has 0 aliphatic heterocycles. The molecule has 0 atom stereocenters. The molecule has 9 heteroatoms. The molecule has 2 aromatic carbocycles. The number of thioether (sulfide) groups is 1. The lowest BCUT2D eigenvalue weighted by molar-refractivity contribution is -0.118. The number of nitrogens with zero attached hydrogens (tertiary/aromatic N) is 2. The van der Waals surface area contributed by atoms with Crippen LogP contribution in [0.4, 0.5) is 10.8 Å². The van der Waals surface area contributed by atoms with Gasteiger partial charge in [-0.2, -0.15) is 0 Å². The Kier molecular flexibility index (Phi) is 7.53. The molecule has 7 nitrogen and oxygen atoms in total. The summed E-state index contributed by atoms with van der Waals surface area (Å²) in [6, 6.07) is 11.7. The molecular formula is C21H24N4O3S2. The summed E-state index contributed by atoms with van der Waals surface area (Å²) in [5.74, 6) is 1.49. The SMILES string of the molecule is COc1ccc(CNC(=O)CSc2nnc(Nc3ccc(C)c(C)c3)s2)cc1OC. The Morgan fingerprint density at radius 1 is 1.03 bits per heavy atom. The maximum absolute atomic E-state index is 12.2. The number of rotatable bonds is 9. The molecule has 1 amide bonds. The number of methoxy groups -OCH3 is 2. The van der Waals surface area contributed by atoms with Gasteiger partial charge in [0.25, 0.3) is 0 Å².